The molecule has 176 valence electrons. The molecule has 2 aromatic rings. The first-order valence-electron chi connectivity index (χ1n) is 9.19. The van der Waals surface area contributed by atoms with E-state index < -0.39 is 30.2 Å². The van der Waals surface area contributed by atoms with Crippen molar-refractivity contribution in [3.05, 3.63) is 64.3 Å². The molecule has 32 heavy (non-hydrogen) atoms. The van der Waals surface area contributed by atoms with Crippen molar-refractivity contribution in [2.75, 3.05) is 20.2 Å². The van der Waals surface area contributed by atoms with Crippen molar-refractivity contribution in [2.24, 2.45) is 11.6 Å². The van der Waals surface area contributed by atoms with E-state index in [0.717, 1.165) is 23.0 Å². The quantitative estimate of drug-likeness (QED) is 0.133. The van der Waals surface area contributed by atoms with E-state index in [1.165, 1.54) is 25.4 Å². The molecule has 1 aromatic carbocycles. The number of benzene rings is 1. The Kier molecular flexibility index (Phi) is 10.4. The Morgan fingerprint density at radius 3 is 2.59 bits per heavy atom. The molecule has 2 rings (SSSR count). The van der Waals surface area contributed by atoms with E-state index in [1.54, 1.807) is 18.2 Å². The van der Waals surface area contributed by atoms with E-state index in [0.29, 0.717) is 25.7 Å². The number of rotatable bonds is 11. The van der Waals surface area contributed by atoms with E-state index in [-0.39, 0.29) is 12.2 Å². The number of thioether (sulfide) groups is 1. The molecule has 0 radical (unpaired) electrons. The summed E-state index contributed by atoms with van der Waals surface area (Å²) < 4.78 is 18.7. The van der Waals surface area contributed by atoms with Gasteiger partial charge in [-0.3, -0.25) is 4.98 Å². The number of hydroxylamine groups is 2. The molecule has 13 heteroatoms. The second-order valence-electron chi connectivity index (χ2n) is 6.62. The lowest BCUT2D eigenvalue weighted by atomic mass is 10.3. The van der Waals surface area contributed by atoms with Crippen molar-refractivity contribution in [3.63, 3.8) is 0 Å². The van der Waals surface area contributed by atoms with Crippen LogP contribution in [0.2, 0.25) is 10.0 Å². The third kappa shape index (κ3) is 8.03. The van der Waals surface area contributed by atoms with Crippen LogP contribution in [0.5, 0.6) is 0 Å². The molecule has 0 aliphatic carbocycles. The Morgan fingerprint density at radius 1 is 1.31 bits per heavy atom. The Labute approximate surface area is 198 Å². The lowest BCUT2D eigenvalue weighted by Crippen LogP contribution is -2.45. The zero-order chi connectivity index (χ0) is 23.8. The maximum atomic E-state index is 13.0. The molecule has 0 saturated carbocycles. The van der Waals surface area contributed by atoms with Crippen LogP contribution in [0.3, 0.4) is 0 Å². The lowest BCUT2D eigenvalue weighted by molar-refractivity contribution is -0.225. The maximum absolute atomic E-state index is 13.0. The number of ether oxygens (including phenoxy) is 1. The summed E-state index contributed by atoms with van der Waals surface area (Å²) in [5.74, 6) is 5.44. The van der Waals surface area contributed by atoms with Gasteiger partial charge in [-0.05, 0) is 30.3 Å². The van der Waals surface area contributed by atoms with Gasteiger partial charge in [-0.2, -0.15) is 5.06 Å². The molecule has 1 heterocycles. The fraction of sp³-hybridized carbons (Fsp3) is 0.316. The molecule has 0 fully saturated rings. The minimum absolute atomic E-state index is 0.145. The van der Waals surface area contributed by atoms with Crippen molar-refractivity contribution in [1.82, 2.24) is 15.1 Å². The summed E-state index contributed by atoms with van der Waals surface area (Å²) in [6.07, 6.45) is 0.0227. The first kappa shape index (κ1) is 26.6. The predicted octanol–water partition coefficient (Wildman–Crippen LogP) is 2.10. The molecule has 0 amide bonds. The molecule has 3 unspecified atom stereocenters. The minimum Gasteiger partial charge on any atom is -0.396 e. The summed E-state index contributed by atoms with van der Waals surface area (Å²) in [5, 5.41) is 32.4. The van der Waals surface area contributed by atoms with Gasteiger partial charge < -0.3 is 30.9 Å². The number of aliphatic hydroxyl groups excluding tert-OH is 2. The van der Waals surface area contributed by atoms with E-state index in [4.69, 9.17) is 39.5 Å². The summed E-state index contributed by atoms with van der Waals surface area (Å²) >= 11 is 13.1. The first-order chi connectivity index (χ1) is 15.1. The zero-order valence-corrected chi connectivity index (χ0v) is 19.3. The molecule has 1 aromatic heterocycles. The second-order valence-corrected chi connectivity index (χ2v) is 8.61. The highest BCUT2D eigenvalue weighted by molar-refractivity contribution is 7.99. The van der Waals surface area contributed by atoms with Gasteiger partial charge in [0.2, 0.25) is 0 Å². The van der Waals surface area contributed by atoms with Gasteiger partial charge in [-0.1, -0.05) is 35.0 Å². The van der Waals surface area contributed by atoms with Crippen molar-refractivity contribution in [2.45, 2.75) is 22.7 Å². The van der Waals surface area contributed by atoms with Crippen molar-refractivity contribution < 1.29 is 24.5 Å². The fourth-order valence-corrected chi connectivity index (χ4v) is 3.82. The van der Waals surface area contributed by atoms with Crippen LogP contribution >= 0.6 is 35.0 Å². The molecule has 9 nitrogen and oxygen atoms in total. The standard InChI is InChI=1S/C19H24Cl2FN5O4S/c1-26(30)18(10-28)31-19(32-12-3-4-13(20)14(21)6-12)17(29)9-27(24)8-15(23)16-5-2-11(22)7-25-16/h2-8,17-19,28-30H,9-10,23-24H2,1H3/b15-8-. The number of aromatic nitrogens is 1. The van der Waals surface area contributed by atoms with Crippen LogP contribution < -0.4 is 11.6 Å². The van der Waals surface area contributed by atoms with Gasteiger partial charge in [0, 0.05) is 18.1 Å². The molecule has 7 N–H and O–H groups in total. The van der Waals surface area contributed by atoms with Crippen LogP contribution in [0.1, 0.15) is 5.69 Å². The number of halogens is 3. The number of hydrogen-bond donors (Lipinski definition) is 5. The SMILES string of the molecule is CN(O)C(CO)OC(Sc1ccc(Cl)c(Cl)c1)C(O)CN(N)/C=C(\N)c1ccc(F)cn1. The minimum atomic E-state index is -1.21. The summed E-state index contributed by atoms with van der Waals surface area (Å²) in [6, 6.07) is 7.45. The van der Waals surface area contributed by atoms with Gasteiger partial charge in [-0.15, -0.1) is 0 Å². The molecule has 0 aliphatic rings. The topological polar surface area (TPSA) is 141 Å². The molecule has 3 atom stereocenters. The van der Waals surface area contributed by atoms with Gasteiger partial charge in [0.1, 0.15) is 17.4 Å². The van der Waals surface area contributed by atoms with Gasteiger partial charge in [0.25, 0.3) is 0 Å². The van der Waals surface area contributed by atoms with Crippen molar-refractivity contribution >= 4 is 40.7 Å². The van der Waals surface area contributed by atoms with Gasteiger partial charge >= 0.3 is 0 Å². The number of nitrogens with zero attached hydrogens (tertiary/aromatic N) is 3. The smallest absolute Gasteiger partial charge is 0.157 e. The molecule has 0 bridgehead atoms. The van der Waals surface area contributed by atoms with Crippen LogP contribution in [-0.2, 0) is 4.74 Å². The molecule has 0 spiro atoms. The van der Waals surface area contributed by atoms with E-state index in [2.05, 4.69) is 4.98 Å². The van der Waals surface area contributed by atoms with Gasteiger partial charge in [-0.25, -0.2) is 10.2 Å². The zero-order valence-electron chi connectivity index (χ0n) is 17.0. The van der Waals surface area contributed by atoms with E-state index >= 15 is 0 Å². The summed E-state index contributed by atoms with van der Waals surface area (Å²) in [5.41, 5.74) is 5.40. The third-order valence-corrected chi connectivity index (χ3v) is 5.97. The number of hydrazine groups is 1. The summed E-state index contributed by atoms with van der Waals surface area (Å²) in [7, 11) is 1.29. The molecule has 0 aliphatic heterocycles. The fourth-order valence-electron chi connectivity index (χ4n) is 2.43. The van der Waals surface area contributed by atoms with Gasteiger partial charge in [0.05, 0.1) is 40.8 Å². The highest BCUT2D eigenvalue weighted by Crippen LogP contribution is 2.32. The highest BCUT2D eigenvalue weighted by atomic mass is 35.5. The van der Waals surface area contributed by atoms with Crippen molar-refractivity contribution in [3.8, 4) is 0 Å². The average Bonchev–Trinajstić information content (AvgIpc) is 2.73. The van der Waals surface area contributed by atoms with Crippen LogP contribution in [0, 0.1) is 5.82 Å². The Hall–Kier alpha value is -1.67. The summed E-state index contributed by atoms with van der Waals surface area (Å²) in [4.78, 5) is 4.48. The van der Waals surface area contributed by atoms with Gasteiger partial charge in [0.15, 0.2) is 6.23 Å². The Bertz CT molecular complexity index is 910. The van der Waals surface area contributed by atoms with Crippen LogP contribution in [0.15, 0.2) is 47.6 Å². The Morgan fingerprint density at radius 2 is 2.03 bits per heavy atom. The highest BCUT2D eigenvalue weighted by Gasteiger charge is 2.28. The second kappa shape index (κ2) is 12.5. The number of likely N-dealkylation sites (N-methyl/N-ethyl adjacent to an activating group) is 1. The number of nitrogens with two attached hydrogens (primary N) is 2. The van der Waals surface area contributed by atoms with E-state index in [9.17, 15) is 19.8 Å². The maximum Gasteiger partial charge on any atom is 0.157 e. The van der Waals surface area contributed by atoms with E-state index in [1.807, 2.05) is 0 Å². The summed E-state index contributed by atoms with van der Waals surface area (Å²) in [6.45, 7) is -0.679. The normalized spacial score (nSPS) is 15.0. The lowest BCUT2D eigenvalue weighted by Gasteiger charge is -2.30. The van der Waals surface area contributed by atoms with Crippen LogP contribution in [0.4, 0.5) is 4.39 Å². The van der Waals surface area contributed by atoms with Crippen molar-refractivity contribution in [1.29, 1.82) is 0 Å². The molecular weight excluding hydrogens is 484 g/mol. The largest absolute Gasteiger partial charge is 0.396 e. The van der Waals surface area contributed by atoms with Crippen LogP contribution in [-0.4, -0.2) is 68.4 Å². The Balaban J connectivity index is 2.16. The predicted molar refractivity (Wildman–Crippen MR) is 121 cm³/mol. The third-order valence-electron chi connectivity index (χ3n) is 4.05. The van der Waals surface area contributed by atoms with Crippen LogP contribution in [0.25, 0.3) is 5.70 Å². The molecular formula is C19H24Cl2FN5O4S. The number of hydrogen-bond acceptors (Lipinski definition) is 10. The first-order valence-corrected chi connectivity index (χ1v) is 10.8. The average molecular weight is 508 g/mol. The number of aliphatic hydroxyl groups is 2. The monoisotopic (exact) mass is 507 g/mol. The number of pyridine rings is 1. The molecule has 0 saturated heterocycles.